The Morgan fingerprint density at radius 1 is 1.22 bits per heavy atom. The summed E-state index contributed by atoms with van der Waals surface area (Å²) in [6, 6.07) is 3.28. The van der Waals surface area contributed by atoms with Gasteiger partial charge >= 0.3 is 17.8 Å². The second kappa shape index (κ2) is 6.68. The maximum Gasteiger partial charge on any atom is 0.493 e. The van der Waals surface area contributed by atoms with Gasteiger partial charge in [0.1, 0.15) is 5.52 Å². The highest BCUT2D eigenvalue weighted by Crippen LogP contribution is 2.25. The van der Waals surface area contributed by atoms with Crippen molar-refractivity contribution >= 4 is 26.8 Å². The largest absolute Gasteiger partial charge is 0.493 e. The number of hydrogen-bond acceptors (Lipinski definition) is 6. The average molecular weight is 407 g/mol. The van der Waals surface area contributed by atoms with Crippen molar-refractivity contribution in [3.8, 4) is 0 Å². The monoisotopic (exact) mass is 407 g/mol. The summed E-state index contributed by atoms with van der Waals surface area (Å²) < 4.78 is 62.8. The number of nitrogens with zero attached hydrogens (tertiary/aromatic N) is 2. The molecule has 1 N–H and O–H groups in total. The molecular formula is C15H16F3N3O5S. The van der Waals surface area contributed by atoms with Crippen molar-refractivity contribution in [1.29, 1.82) is 0 Å². The minimum Gasteiger partial charge on any atom is -0.323 e. The minimum absolute atomic E-state index is 0.189. The number of nitrogens with one attached hydrogen (secondary N) is 1. The van der Waals surface area contributed by atoms with Gasteiger partial charge in [-0.1, -0.05) is 0 Å². The molecule has 0 amide bonds. The molecule has 1 aliphatic rings. The van der Waals surface area contributed by atoms with E-state index in [1.165, 1.54) is 16.7 Å². The van der Waals surface area contributed by atoms with Gasteiger partial charge in [-0.25, -0.2) is 18.0 Å². The van der Waals surface area contributed by atoms with Crippen molar-refractivity contribution in [1.82, 2.24) is 14.6 Å². The number of imidazole rings is 1. The topological polar surface area (TPSA) is 99.4 Å². The van der Waals surface area contributed by atoms with Crippen LogP contribution in [0.2, 0.25) is 0 Å². The van der Waals surface area contributed by atoms with Gasteiger partial charge in [0.05, 0.1) is 10.4 Å². The number of aromatic nitrogens is 2. The first-order valence-electron chi connectivity index (χ1n) is 7.97. The predicted molar refractivity (Wildman–Crippen MR) is 88.1 cm³/mol. The Hall–Kier alpha value is -2.34. The summed E-state index contributed by atoms with van der Waals surface area (Å²) in [5, 5.41) is 3.10. The zero-order valence-corrected chi connectivity index (χ0v) is 14.9. The molecule has 1 aromatic heterocycles. The van der Waals surface area contributed by atoms with Gasteiger partial charge in [-0.15, -0.1) is 4.73 Å². The predicted octanol–water partition coefficient (Wildman–Crippen LogP) is 0.648. The summed E-state index contributed by atoms with van der Waals surface area (Å²) in [4.78, 5) is 28.0. The number of carbonyl (C=O) groups excluding carboxylic acids is 1. The number of rotatable bonds is 3. The van der Waals surface area contributed by atoms with E-state index in [2.05, 4.69) is 10.2 Å². The van der Waals surface area contributed by atoms with Crippen molar-refractivity contribution in [2.75, 3.05) is 19.3 Å². The molecule has 148 valence electrons. The second-order valence-electron chi connectivity index (χ2n) is 6.23. The van der Waals surface area contributed by atoms with Crippen LogP contribution in [0.1, 0.15) is 18.9 Å². The Bertz CT molecular complexity index is 1050. The molecule has 1 saturated heterocycles. The normalized spacial score (nSPS) is 16.6. The molecule has 0 saturated carbocycles. The lowest BCUT2D eigenvalue weighted by Crippen LogP contribution is -2.40. The number of sulfone groups is 1. The van der Waals surface area contributed by atoms with Crippen molar-refractivity contribution in [2.45, 2.75) is 30.0 Å². The zero-order valence-electron chi connectivity index (χ0n) is 14.1. The fourth-order valence-corrected chi connectivity index (χ4v) is 3.69. The van der Waals surface area contributed by atoms with E-state index < -0.39 is 27.7 Å². The molecular weight excluding hydrogens is 391 g/mol. The summed E-state index contributed by atoms with van der Waals surface area (Å²) in [6.07, 6.45) is -3.31. The molecule has 0 aliphatic carbocycles. The number of carbonyl (C=O) groups is 1. The third-order valence-corrected chi connectivity index (χ3v) is 5.42. The highest BCUT2D eigenvalue weighted by molar-refractivity contribution is 7.90. The smallest absolute Gasteiger partial charge is 0.323 e. The van der Waals surface area contributed by atoms with Gasteiger partial charge in [0.2, 0.25) is 0 Å². The van der Waals surface area contributed by atoms with Crippen molar-refractivity contribution in [3.63, 3.8) is 0 Å². The van der Waals surface area contributed by atoms with Gasteiger partial charge in [0.15, 0.2) is 9.84 Å². The van der Waals surface area contributed by atoms with Crippen LogP contribution in [0.5, 0.6) is 0 Å². The lowest BCUT2D eigenvalue weighted by molar-refractivity contribution is -0.199. The van der Waals surface area contributed by atoms with Gasteiger partial charge in [-0.05, 0) is 44.1 Å². The molecule has 2 aromatic rings. The Balaban J connectivity index is 2.23. The van der Waals surface area contributed by atoms with E-state index in [9.17, 15) is 31.2 Å². The van der Waals surface area contributed by atoms with Gasteiger partial charge in [0, 0.05) is 12.3 Å². The van der Waals surface area contributed by atoms with E-state index in [0.29, 0.717) is 25.9 Å². The maximum atomic E-state index is 12.7. The molecule has 8 nitrogen and oxygen atoms in total. The standard InChI is InChI=1S/C15H16F3N3O5S/c1-27(24,25)10-2-3-11-12(8-10)21(26-13(22)15(16,17)18)14(23)20(11)9-4-6-19-7-5-9/h2-3,8-9,19H,4-7H2,1H3. The molecule has 0 spiro atoms. The van der Waals surface area contributed by atoms with E-state index in [0.717, 1.165) is 12.3 Å². The third kappa shape index (κ3) is 3.72. The van der Waals surface area contributed by atoms with Crippen LogP contribution in [0, 0.1) is 0 Å². The quantitative estimate of drug-likeness (QED) is 0.802. The van der Waals surface area contributed by atoms with E-state index in [1.54, 1.807) is 0 Å². The van der Waals surface area contributed by atoms with Crippen LogP contribution in [0.15, 0.2) is 27.9 Å². The number of hydrogen-bond donors (Lipinski definition) is 1. The van der Waals surface area contributed by atoms with Crippen LogP contribution < -0.4 is 15.8 Å². The van der Waals surface area contributed by atoms with E-state index >= 15 is 0 Å². The van der Waals surface area contributed by atoms with Gasteiger partial charge in [-0.3, -0.25) is 4.57 Å². The lowest BCUT2D eigenvalue weighted by atomic mass is 10.1. The molecule has 0 unspecified atom stereocenters. The molecule has 12 heteroatoms. The maximum absolute atomic E-state index is 12.7. The lowest BCUT2D eigenvalue weighted by Gasteiger charge is -2.23. The molecule has 1 aliphatic heterocycles. The number of benzene rings is 1. The molecule has 27 heavy (non-hydrogen) atoms. The Morgan fingerprint density at radius 3 is 2.41 bits per heavy atom. The van der Waals surface area contributed by atoms with Crippen LogP contribution in [0.25, 0.3) is 11.0 Å². The molecule has 0 radical (unpaired) electrons. The number of fused-ring (bicyclic) bond motifs is 1. The number of alkyl halides is 3. The van der Waals surface area contributed by atoms with E-state index in [1.807, 2.05) is 0 Å². The molecule has 2 heterocycles. The summed E-state index contributed by atoms with van der Waals surface area (Å²) in [5.74, 6) is -2.57. The van der Waals surface area contributed by atoms with Crippen LogP contribution in [-0.4, -0.2) is 49.2 Å². The third-order valence-electron chi connectivity index (χ3n) is 4.31. The van der Waals surface area contributed by atoms with Crippen LogP contribution in [-0.2, 0) is 14.6 Å². The zero-order chi connectivity index (χ0) is 20.0. The second-order valence-corrected chi connectivity index (χ2v) is 8.24. The Labute approximate surface area is 151 Å². The molecule has 1 fully saturated rings. The highest BCUT2D eigenvalue weighted by Gasteiger charge is 2.43. The molecule has 0 atom stereocenters. The first-order chi connectivity index (χ1) is 12.5. The van der Waals surface area contributed by atoms with Gasteiger partial charge < -0.3 is 10.2 Å². The number of halogens is 3. The van der Waals surface area contributed by atoms with E-state index in [4.69, 9.17) is 0 Å². The first kappa shape index (κ1) is 19.4. The summed E-state index contributed by atoms with van der Waals surface area (Å²) >= 11 is 0. The van der Waals surface area contributed by atoms with E-state index in [-0.39, 0.29) is 26.7 Å². The van der Waals surface area contributed by atoms with Crippen LogP contribution in [0.4, 0.5) is 13.2 Å². The van der Waals surface area contributed by atoms with Crippen LogP contribution in [0.3, 0.4) is 0 Å². The SMILES string of the molecule is CS(=O)(=O)c1ccc2c(c1)n(OC(=O)C(F)(F)F)c(=O)n2C1CCNCC1. The van der Waals surface area contributed by atoms with Crippen molar-refractivity contribution in [2.24, 2.45) is 0 Å². The van der Waals surface area contributed by atoms with Crippen molar-refractivity contribution in [3.05, 3.63) is 28.7 Å². The summed E-state index contributed by atoms with van der Waals surface area (Å²) in [7, 11) is -3.69. The molecule has 0 bridgehead atoms. The fourth-order valence-electron chi connectivity index (χ4n) is 3.04. The van der Waals surface area contributed by atoms with Crippen LogP contribution >= 0.6 is 0 Å². The minimum atomic E-state index is -5.31. The number of piperidine rings is 1. The highest BCUT2D eigenvalue weighted by atomic mass is 32.2. The fraction of sp³-hybridized carbons (Fsp3) is 0.467. The Morgan fingerprint density at radius 2 is 1.85 bits per heavy atom. The van der Waals surface area contributed by atoms with Crippen molar-refractivity contribution < 1.29 is 31.2 Å². The van der Waals surface area contributed by atoms with Gasteiger partial charge in [-0.2, -0.15) is 13.2 Å². The first-order valence-corrected chi connectivity index (χ1v) is 9.86. The molecule has 1 aromatic carbocycles. The summed E-state index contributed by atoms with van der Waals surface area (Å²) in [5.41, 5.74) is -1.01. The molecule has 3 rings (SSSR count). The average Bonchev–Trinajstić information content (AvgIpc) is 2.85. The Kier molecular flexibility index (Phi) is 4.80. The summed E-state index contributed by atoms with van der Waals surface area (Å²) in [6.45, 7) is 1.21. The van der Waals surface area contributed by atoms with Gasteiger partial charge in [0.25, 0.3) is 0 Å².